The van der Waals surface area contributed by atoms with E-state index in [1.807, 2.05) is 24.3 Å². The third-order valence-electron chi connectivity index (χ3n) is 5.96. The summed E-state index contributed by atoms with van der Waals surface area (Å²) in [5.74, 6) is 1.73. The van der Waals surface area contributed by atoms with Crippen molar-refractivity contribution in [3.05, 3.63) is 53.2 Å². The standard InChI is InChI=1S/C26H29N5O5/c1-33-21-6-5-16(10-20(21)30-26(32)19(27)9-15-7-8-28-13-15)18-14-29-31-24(18)17-11-22(34-2)25(36-4)23(12-17)35-3/h5-6,8,10-13,19H,7,9,14,27H2,1-4H3,(H,30,32). The molecule has 10 heteroatoms. The minimum Gasteiger partial charge on any atom is -0.495 e. The molecule has 2 aromatic carbocycles. The Hall–Kier alpha value is -4.18. The molecule has 2 aromatic rings. The number of anilines is 1. The number of hydrogen-bond donors (Lipinski definition) is 2. The first-order valence-electron chi connectivity index (χ1n) is 11.3. The zero-order chi connectivity index (χ0) is 25.7. The lowest BCUT2D eigenvalue weighted by molar-refractivity contribution is -0.117. The summed E-state index contributed by atoms with van der Waals surface area (Å²) in [4.78, 5) is 16.9. The molecule has 10 nitrogen and oxygen atoms in total. The highest BCUT2D eigenvalue weighted by Gasteiger charge is 2.23. The van der Waals surface area contributed by atoms with Gasteiger partial charge < -0.3 is 30.0 Å². The van der Waals surface area contributed by atoms with Gasteiger partial charge in [-0.1, -0.05) is 6.07 Å². The monoisotopic (exact) mass is 491 g/mol. The molecule has 36 heavy (non-hydrogen) atoms. The fraction of sp³-hybridized carbons (Fsp3) is 0.308. The molecule has 0 radical (unpaired) electrons. The number of carbonyl (C=O) groups excluding carboxylic acids is 1. The molecular formula is C26H29N5O5. The van der Waals surface area contributed by atoms with Crippen molar-refractivity contribution in [2.45, 2.75) is 18.9 Å². The third kappa shape index (κ3) is 5.08. The van der Waals surface area contributed by atoms with Crippen molar-refractivity contribution >= 4 is 29.1 Å². The molecular weight excluding hydrogens is 462 g/mol. The number of azo groups is 1. The van der Waals surface area contributed by atoms with E-state index >= 15 is 0 Å². The molecule has 2 aliphatic rings. The number of aliphatic imine (C=N–C) groups is 1. The summed E-state index contributed by atoms with van der Waals surface area (Å²) in [6, 6.07) is 8.48. The van der Waals surface area contributed by atoms with Gasteiger partial charge in [-0.25, -0.2) is 0 Å². The van der Waals surface area contributed by atoms with Gasteiger partial charge in [-0.05, 0) is 41.8 Å². The summed E-state index contributed by atoms with van der Waals surface area (Å²) in [5.41, 5.74) is 10.8. The Labute approximate surface area is 209 Å². The van der Waals surface area contributed by atoms with Gasteiger partial charge in [0.25, 0.3) is 0 Å². The van der Waals surface area contributed by atoms with Crippen LogP contribution in [0.5, 0.6) is 23.0 Å². The first-order chi connectivity index (χ1) is 17.5. The molecule has 0 aromatic heterocycles. The van der Waals surface area contributed by atoms with Crippen LogP contribution >= 0.6 is 0 Å². The van der Waals surface area contributed by atoms with Gasteiger partial charge in [0.15, 0.2) is 11.5 Å². The number of amides is 1. The van der Waals surface area contributed by atoms with Crippen molar-refractivity contribution in [2.75, 3.05) is 40.3 Å². The molecule has 0 bridgehead atoms. The SMILES string of the molecule is COc1ccc(C2=C(c3cc(OC)c(OC)c(OC)c3)N=NC2)cc1NC(=O)C(N)CC1=CN=CC1. The first-order valence-corrected chi connectivity index (χ1v) is 11.3. The highest BCUT2D eigenvalue weighted by Crippen LogP contribution is 2.43. The van der Waals surface area contributed by atoms with Crippen LogP contribution in [0.15, 0.2) is 57.3 Å². The molecule has 0 fully saturated rings. The number of rotatable bonds is 10. The van der Waals surface area contributed by atoms with Crippen LogP contribution in [0, 0.1) is 0 Å². The maximum absolute atomic E-state index is 12.8. The largest absolute Gasteiger partial charge is 0.495 e. The third-order valence-corrected chi connectivity index (χ3v) is 5.96. The average molecular weight is 492 g/mol. The zero-order valence-electron chi connectivity index (χ0n) is 20.7. The number of nitrogens with two attached hydrogens (primary N) is 1. The second-order valence-electron chi connectivity index (χ2n) is 8.18. The van der Waals surface area contributed by atoms with E-state index in [1.54, 1.807) is 46.9 Å². The summed E-state index contributed by atoms with van der Waals surface area (Å²) in [6.45, 7) is 0.374. The molecule has 4 rings (SSSR count). The van der Waals surface area contributed by atoms with Crippen LogP contribution in [0.2, 0.25) is 0 Å². The first kappa shape index (κ1) is 24.9. The molecule has 0 saturated heterocycles. The number of carbonyl (C=O) groups is 1. The van der Waals surface area contributed by atoms with Crippen LogP contribution in [-0.4, -0.2) is 53.1 Å². The van der Waals surface area contributed by atoms with E-state index < -0.39 is 6.04 Å². The van der Waals surface area contributed by atoms with Crippen LogP contribution in [0.1, 0.15) is 24.0 Å². The molecule has 2 aliphatic heterocycles. The van der Waals surface area contributed by atoms with Crippen molar-refractivity contribution in [1.29, 1.82) is 0 Å². The van der Waals surface area contributed by atoms with E-state index in [-0.39, 0.29) is 5.91 Å². The minimum absolute atomic E-state index is 0.308. The van der Waals surface area contributed by atoms with Crippen LogP contribution in [0.25, 0.3) is 11.3 Å². The predicted octanol–water partition coefficient (Wildman–Crippen LogP) is 4.07. The maximum atomic E-state index is 12.8. The van der Waals surface area contributed by atoms with Gasteiger partial charge in [-0.2, -0.15) is 10.2 Å². The van der Waals surface area contributed by atoms with Crippen LogP contribution in [0.4, 0.5) is 5.69 Å². The van der Waals surface area contributed by atoms with Gasteiger partial charge in [0.1, 0.15) is 5.75 Å². The van der Waals surface area contributed by atoms with Crippen LogP contribution in [0.3, 0.4) is 0 Å². The number of hydrogen-bond acceptors (Lipinski definition) is 9. The van der Waals surface area contributed by atoms with Gasteiger partial charge in [-0.15, -0.1) is 0 Å². The summed E-state index contributed by atoms with van der Waals surface area (Å²) < 4.78 is 21.9. The van der Waals surface area contributed by atoms with E-state index in [4.69, 9.17) is 24.7 Å². The Morgan fingerprint density at radius 2 is 1.72 bits per heavy atom. The second-order valence-corrected chi connectivity index (χ2v) is 8.18. The van der Waals surface area contributed by atoms with Crippen molar-refractivity contribution in [2.24, 2.45) is 21.0 Å². The van der Waals surface area contributed by atoms with Crippen molar-refractivity contribution in [3.63, 3.8) is 0 Å². The van der Waals surface area contributed by atoms with Gasteiger partial charge in [-0.3, -0.25) is 9.79 Å². The van der Waals surface area contributed by atoms with Crippen LogP contribution in [-0.2, 0) is 4.79 Å². The highest BCUT2D eigenvalue weighted by molar-refractivity contribution is 5.98. The molecule has 2 heterocycles. The van der Waals surface area contributed by atoms with Gasteiger partial charge >= 0.3 is 0 Å². The Morgan fingerprint density at radius 1 is 1.00 bits per heavy atom. The van der Waals surface area contributed by atoms with Gasteiger partial charge in [0.2, 0.25) is 11.7 Å². The molecule has 1 amide bonds. The number of benzene rings is 2. The zero-order valence-corrected chi connectivity index (χ0v) is 20.7. The van der Waals surface area contributed by atoms with E-state index in [2.05, 4.69) is 20.5 Å². The van der Waals surface area contributed by atoms with E-state index in [0.717, 1.165) is 22.3 Å². The lowest BCUT2D eigenvalue weighted by Gasteiger charge is -2.17. The molecule has 1 atom stereocenters. The predicted molar refractivity (Wildman–Crippen MR) is 138 cm³/mol. The van der Waals surface area contributed by atoms with Gasteiger partial charge in [0, 0.05) is 30.0 Å². The quantitative estimate of drug-likeness (QED) is 0.515. The molecule has 0 aliphatic carbocycles. The van der Waals surface area contributed by atoms with E-state index in [0.29, 0.717) is 53.8 Å². The lowest BCUT2D eigenvalue weighted by atomic mass is 9.99. The maximum Gasteiger partial charge on any atom is 0.241 e. The van der Waals surface area contributed by atoms with Crippen molar-refractivity contribution in [3.8, 4) is 23.0 Å². The molecule has 188 valence electrons. The Morgan fingerprint density at radius 3 is 2.33 bits per heavy atom. The number of methoxy groups -OCH3 is 4. The summed E-state index contributed by atoms with van der Waals surface area (Å²) in [5, 5.41) is 11.5. The topological polar surface area (TPSA) is 129 Å². The fourth-order valence-electron chi connectivity index (χ4n) is 4.10. The Balaban J connectivity index is 1.66. The lowest BCUT2D eigenvalue weighted by Crippen LogP contribution is -2.36. The fourth-order valence-corrected chi connectivity index (χ4v) is 4.10. The molecule has 1 unspecified atom stereocenters. The van der Waals surface area contributed by atoms with Gasteiger partial charge in [0.05, 0.1) is 52.4 Å². The van der Waals surface area contributed by atoms with E-state index in [1.165, 1.54) is 0 Å². The number of nitrogens with one attached hydrogen (secondary N) is 1. The van der Waals surface area contributed by atoms with Crippen molar-refractivity contribution in [1.82, 2.24) is 0 Å². The number of nitrogens with zero attached hydrogens (tertiary/aromatic N) is 3. The highest BCUT2D eigenvalue weighted by atomic mass is 16.5. The summed E-state index contributed by atoms with van der Waals surface area (Å²) in [6.07, 6.45) is 4.69. The Bertz CT molecular complexity index is 1260. The summed E-state index contributed by atoms with van der Waals surface area (Å²) >= 11 is 0. The normalized spacial score (nSPS) is 15.1. The van der Waals surface area contributed by atoms with Crippen LogP contribution < -0.4 is 30.0 Å². The second kappa shape index (κ2) is 11.0. The smallest absolute Gasteiger partial charge is 0.241 e. The minimum atomic E-state index is -0.711. The molecule has 3 N–H and O–H groups in total. The number of ether oxygens (including phenoxy) is 4. The average Bonchev–Trinajstić information content (AvgIpc) is 3.60. The molecule has 0 saturated carbocycles. The van der Waals surface area contributed by atoms with E-state index in [9.17, 15) is 4.79 Å². The Kier molecular flexibility index (Phi) is 7.65. The van der Waals surface area contributed by atoms with Crippen molar-refractivity contribution < 1.29 is 23.7 Å². The molecule has 0 spiro atoms. The summed E-state index contributed by atoms with van der Waals surface area (Å²) in [7, 11) is 6.22.